The standard InChI is InChI=1S/C26H22BrCl2N3O4S/c27-17-4-6-22-20(9-17)16(12-31(22)14-24(33)30-11-19-2-1-7-36-19)8-23-25(34)32(26(35)37-23)13-15-3-5-18(28)10-21(15)29/h3-6,8-10,12,19H,1-2,7,11,13-14H2,(H,30,33)/b23-8-/t19-/m0/s1. The zero-order chi connectivity index (χ0) is 26.1. The second-order valence-corrected chi connectivity index (χ2v) is 11.6. The summed E-state index contributed by atoms with van der Waals surface area (Å²) in [5, 5.41) is 4.29. The number of halogens is 3. The average Bonchev–Trinajstić information content (AvgIpc) is 3.55. The Kier molecular flexibility index (Phi) is 7.97. The average molecular weight is 623 g/mol. The fourth-order valence-electron chi connectivity index (χ4n) is 4.38. The van der Waals surface area contributed by atoms with Gasteiger partial charge in [0.2, 0.25) is 5.91 Å². The number of hydrogen-bond donors (Lipinski definition) is 1. The molecule has 5 rings (SSSR count). The maximum Gasteiger partial charge on any atom is 0.293 e. The van der Waals surface area contributed by atoms with E-state index >= 15 is 0 Å². The molecule has 2 aliphatic rings. The van der Waals surface area contributed by atoms with Crippen molar-refractivity contribution in [3.63, 3.8) is 0 Å². The monoisotopic (exact) mass is 621 g/mol. The second kappa shape index (κ2) is 11.2. The van der Waals surface area contributed by atoms with Crippen molar-refractivity contribution in [1.29, 1.82) is 0 Å². The minimum Gasteiger partial charge on any atom is -0.376 e. The molecule has 2 aliphatic heterocycles. The third kappa shape index (κ3) is 5.91. The molecule has 1 atom stereocenters. The highest BCUT2D eigenvalue weighted by Crippen LogP contribution is 2.36. The van der Waals surface area contributed by atoms with Gasteiger partial charge in [-0.1, -0.05) is 45.2 Å². The van der Waals surface area contributed by atoms with Gasteiger partial charge in [0.15, 0.2) is 0 Å². The normalized spacial score (nSPS) is 18.9. The number of fused-ring (bicyclic) bond motifs is 1. The molecule has 0 bridgehead atoms. The molecule has 7 nitrogen and oxygen atoms in total. The summed E-state index contributed by atoms with van der Waals surface area (Å²) < 4.78 is 8.28. The number of aromatic nitrogens is 1. The van der Waals surface area contributed by atoms with Gasteiger partial charge in [0.05, 0.1) is 17.6 Å². The summed E-state index contributed by atoms with van der Waals surface area (Å²) in [7, 11) is 0. The second-order valence-electron chi connectivity index (χ2n) is 8.82. The highest BCUT2D eigenvalue weighted by Gasteiger charge is 2.35. The summed E-state index contributed by atoms with van der Waals surface area (Å²) in [5.74, 6) is -0.520. The fraction of sp³-hybridized carbons (Fsp3) is 0.269. The molecule has 0 saturated carbocycles. The molecule has 0 spiro atoms. The van der Waals surface area contributed by atoms with Crippen molar-refractivity contribution >= 4 is 84.9 Å². The lowest BCUT2D eigenvalue weighted by molar-refractivity contribution is -0.123. The van der Waals surface area contributed by atoms with Gasteiger partial charge in [-0.05, 0) is 66.6 Å². The zero-order valence-electron chi connectivity index (χ0n) is 19.5. The summed E-state index contributed by atoms with van der Waals surface area (Å²) in [6, 6.07) is 10.7. The van der Waals surface area contributed by atoms with Crippen LogP contribution in [0.1, 0.15) is 24.0 Å². The highest BCUT2D eigenvalue weighted by atomic mass is 79.9. The number of rotatable bonds is 7. The van der Waals surface area contributed by atoms with Crippen LogP contribution in [0.2, 0.25) is 10.0 Å². The van der Waals surface area contributed by atoms with Crippen LogP contribution in [0.4, 0.5) is 4.79 Å². The van der Waals surface area contributed by atoms with E-state index < -0.39 is 5.91 Å². The van der Waals surface area contributed by atoms with Gasteiger partial charge in [-0.15, -0.1) is 0 Å². The number of carbonyl (C=O) groups excluding carboxylic acids is 3. The van der Waals surface area contributed by atoms with Gasteiger partial charge >= 0.3 is 0 Å². The first-order chi connectivity index (χ1) is 17.8. The van der Waals surface area contributed by atoms with Gasteiger partial charge in [-0.2, -0.15) is 0 Å². The zero-order valence-corrected chi connectivity index (χ0v) is 23.4. The largest absolute Gasteiger partial charge is 0.376 e. The van der Waals surface area contributed by atoms with Crippen LogP contribution < -0.4 is 5.32 Å². The predicted molar refractivity (Wildman–Crippen MR) is 150 cm³/mol. The number of thioether (sulfide) groups is 1. The number of benzene rings is 2. The Labute approximate surface area is 236 Å². The number of ether oxygens (including phenoxy) is 1. The minimum atomic E-state index is -0.397. The SMILES string of the molecule is O=C(Cn1cc(/C=C2\SC(=O)N(Cc3ccc(Cl)cc3Cl)C2=O)c2cc(Br)ccc21)NC[C@@H]1CCCO1. The molecule has 3 heterocycles. The van der Waals surface area contributed by atoms with Crippen LogP contribution in [0.3, 0.4) is 0 Å². The topological polar surface area (TPSA) is 80.6 Å². The van der Waals surface area contributed by atoms with Crippen molar-refractivity contribution in [3.05, 3.63) is 73.1 Å². The Bertz CT molecular complexity index is 1430. The van der Waals surface area contributed by atoms with Crippen molar-refractivity contribution < 1.29 is 19.1 Å². The van der Waals surface area contributed by atoms with Gasteiger partial charge < -0.3 is 14.6 Å². The molecule has 2 aromatic carbocycles. The van der Waals surface area contributed by atoms with E-state index in [1.165, 1.54) is 4.90 Å². The minimum absolute atomic E-state index is 0.0518. The summed E-state index contributed by atoms with van der Waals surface area (Å²) in [6.07, 6.45) is 5.55. The number of carbonyl (C=O) groups is 3. The van der Waals surface area contributed by atoms with E-state index in [1.54, 1.807) is 24.3 Å². The molecule has 37 heavy (non-hydrogen) atoms. The highest BCUT2D eigenvalue weighted by molar-refractivity contribution is 9.10. The summed E-state index contributed by atoms with van der Waals surface area (Å²) in [6.45, 7) is 1.39. The van der Waals surface area contributed by atoms with Crippen LogP contribution in [0, 0.1) is 0 Å². The summed E-state index contributed by atoms with van der Waals surface area (Å²) >= 11 is 16.6. The van der Waals surface area contributed by atoms with Crippen LogP contribution in [-0.4, -0.2) is 45.8 Å². The molecule has 2 fully saturated rings. The van der Waals surface area contributed by atoms with Crippen LogP contribution >= 0.6 is 50.9 Å². The lowest BCUT2D eigenvalue weighted by Gasteiger charge is -2.13. The molecule has 3 aromatic rings. The first-order valence-electron chi connectivity index (χ1n) is 11.6. The van der Waals surface area contributed by atoms with Gasteiger partial charge in [0.25, 0.3) is 11.1 Å². The van der Waals surface area contributed by atoms with Crippen molar-refractivity contribution in [2.24, 2.45) is 0 Å². The third-order valence-electron chi connectivity index (χ3n) is 6.24. The Hall–Kier alpha value is -2.30. The van der Waals surface area contributed by atoms with Gasteiger partial charge in [-0.25, -0.2) is 0 Å². The smallest absolute Gasteiger partial charge is 0.293 e. The van der Waals surface area contributed by atoms with Gasteiger partial charge in [-0.3, -0.25) is 19.3 Å². The Morgan fingerprint density at radius 2 is 2.05 bits per heavy atom. The van der Waals surface area contributed by atoms with Crippen molar-refractivity contribution in [2.75, 3.05) is 13.2 Å². The van der Waals surface area contributed by atoms with E-state index in [1.807, 2.05) is 29.0 Å². The number of amides is 3. The van der Waals surface area contributed by atoms with E-state index in [0.29, 0.717) is 27.1 Å². The van der Waals surface area contributed by atoms with E-state index in [9.17, 15) is 14.4 Å². The third-order valence-corrected chi connectivity index (χ3v) is 8.23. The molecule has 0 aliphatic carbocycles. The molecule has 0 radical (unpaired) electrons. The maximum atomic E-state index is 13.2. The van der Waals surface area contributed by atoms with Crippen LogP contribution in [0.15, 0.2) is 52.0 Å². The van der Waals surface area contributed by atoms with Gasteiger partial charge in [0.1, 0.15) is 6.54 Å². The quantitative estimate of drug-likeness (QED) is 0.315. The predicted octanol–water partition coefficient (Wildman–Crippen LogP) is 6.24. The van der Waals surface area contributed by atoms with Crippen molar-refractivity contribution in [1.82, 2.24) is 14.8 Å². The van der Waals surface area contributed by atoms with Crippen molar-refractivity contribution in [2.45, 2.75) is 32.0 Å². The number of nitrogens with zero attached hydrogens (tertiary/aromatic N) is 2. The molecule has 0 unspecified atom stereocenters. The van der Waals surface area contributed by atoms with Crippen LogP contribution in [0.5, 0.6) is 0 Å². The van der Waals surface area contributed by atoms with E-state index in [0.717, 1.165) is 52.1 Å². The van der Waals surface area contributed by atoms with E-state index in [-0.39, 0.29) is 30.3 Å². The van der Waals surface area contributed by atoms with E-state index in [2.05, 4.69) is 21.2 Å². The molecular weight excluding hydrogens is 601 g/mol. The molecule has 2 saturated heterocycles. The number of nitrogens with one attached hydrogen (secondary N) is 1. The van der Waals surface area contributed by atoms with Crippen LogP contribution in [0.25, 0.3) is 17.0 Å². The first kappa shape index (κ1) is 26.3. The molecule has 192 valence electrons. The van der Waals surface area contributed by atoms with Crippen molar-refractivity contribution in [3.8, 4) is 0 Å². The number of imide groups is 1. The maximum absolute atomic E-state index is 13.2. The fourth-order valence-corrected chi connectivity index (χ4v) is 6.04. The molecule has 11 heteroatoms. The Balaban J connectivity index is 1.38. The number of hydrogen-bond acceptors (Lipinski definition) is 5. The molecule has 1 aromatic heterocycles. The Morgan fingerprint density at radius 1 is 1.22 bits per heavy atom. The molecule has 3 amide bonds. The first-order valence-corrected chi connectivity index (χ1v) is 14.0. The lowest BCUT2D eigenvalue weighted by Crippen LogP contribution is -2.34. The van der Waals surface area contributed by atoms with E-state index in [4.69, 9.17) is 27.9 Å². The summed E-state index contributed by atoms with van der Waals surface area (Å²) in [5.41, 5.74) is 2.20. The Morgan fingerprint density at radius 3 is 2.81 bits per heavy atom. The molecular formula is C26H22BrCl2N3O4S. The molecule has 1 N–H and O–H groups in total. The summed E-state index contributed by atoms with van der Waals surface area (Å²) in [4.78, 5) is 40.0. The lowest BCUT2D eigenvalue weighted by atomic mass is 10.1. The van der Waals surface area contributed by atoms with Gasteiger partial charge in [0, 0.05) is 50.3 Å². The van der Waals surface area contributed by atoms with Crippen LogP contribution in [-0.2, 0) is 27.4 Å².